The van der Waals surface area contributed by atoms with Crippen LogP contribution in [-0.4, -0.2) is 24.3 Å². The average molecular weight is 347 g/mol. The number of rotatable bonds is 5. The van der Waals surface area contributed by atoms with Crippen LogP contribution >= 0.6 is 12.2 Å². The molecule has 2 aromatic carbocycles. The first-order valence-corrected chi connectivity index (χ1v) is 7.40. The fraction of sp³-hybridized carbons (Fsp3) is 0.188. The molecular weight excluding hydrogens is 330 g/mol. The zero-order valence-corrected chi connectivity index (χ0v) is 14.3. The van der Waals surface area contributed by atoms with Crippen LogP contribution in [0.25, 0.3) is 0 Å². The molecule has 0 atom stereocenters. The van der Waals surface area contributed by atoms with Crippen LogP contribution in [0.4, 0.5) is 17.1 Å². The third-order valence-electron chi connectivity index (χ3n) is 3.25. The molecule has 0 amide bonds. The molecule has 24 heavy (non-hydrogen) atoms. The molecule has 7 nitrogen and oxygen atoms in total. The Balaban J connectivity index is 2.18. The minimum absolute atomic E-state index is 0.0587. The molecule has 0 spiro atoms. The van der Waals surface area contributed by atoms with E-state index in [4.69, 9.17) is 21.7 Å². The summed E-state index contributed by atoms with van der Waals surface area (Å²) in [5, 5.41) is 17.1. The Labute approximate surface area is 144 Å². The topological polar surface area (TPSA) is 85.7 Å². The number of anilines is 2. The second-order valence-corrected chi connectivity index (χ2v) is 5.33. The lowest BCUT2D eigenvalue weighted by atomic mass is 10.2. The van der Waals surface area contributed by atoms with Gasteiger partial charge in [-0.15, -0.1) is 0 Å². The van der Waals surface area contributed by atoms with Crippen LogP contribution in [0.1, 0.15) is 5.56 Å². The summed E-state index contributed by atoms with van der Waals surface area (Å²) >= 11 is 5.29. The minimum atomic E-state index is -0.486. The van der Waals surface area contributed by atoms with Gasteiger partial charge in [-0.2, -0.15) is 0 Å². The molecule has 2 N–H and O–H groups in total. The number of methoxy groups -OCH3 is 2. The van der Waals surface area contributed by atoms with Crippen molar-refractivity contribution in [2.75, 3.05) is 24.9 Å². The smallest absolute Gasteiger partial charge is 0.273 e. The van der Waals surface area contributed by atoms with E-state index in [9.17, 15) is 10.1 Å². The maximum Gasteiger partial charge on any atom is 0.273 e. The van der Waals surface area contributed by atoms with Crippen molar-refractivity contribution in [1.29, 1.82) is 0 Å². The van der Waals surface area contributed by atoms with Crippen molar-refractivity contribution in [2.24, 2.45) is 0 Å². The monoisotopic (exact) mass is 347 g/mol. The summed E-state index contributed by atoms with van der Waals surface area (Å²) in [5.41, 5.74) is 2.23. The lowest BCUT2D eigenvalue weighted by molar-refractivity contribution is -0.384. The average Bonchev–Trinajstić information content (AvgIpc) is 2.55. The van der Waals surface area contributed by atoms with Gasteiger partial charge in [-0.3, -0.25) is 10.1 Å². The number of nitro benzene ring substituents is 1. The van der Waals surface area contributed by atoms with Crippen molar-refractivity contribution in [3.8, 4) is 11.5 Å². The zero-order valence-electron chi connectivity index (χ0n) is 13.5. The molecule has 0 bridgehead atoms. The molecule has 0 fully saturated rings. The lowest BCUT2D eigenvalue weighted by Crippen LogP contribution is -2.20. The van der Waals surface area contributed by atoms with Gasteiger partial charge in [-0.25, -0.2) is 0 Å². The highest BCUT2D eigenvalue weighted by molar-refractivity contribution is 7.80. The molecule has 0 radical (unpaired) electrons. The van der Waals surface area contributed by atoms with E-state index in [0.717, 1.165) is 11.3 Å². The Morgan fingerprint density at radius 2 is 1.71 bits per heavy atom. The number of nitro groups is 1. The number of hydrogen-bond donors (Lipinski definition) is 2. The van der Waals surface area contributed by atoms with Crippen LogP contribution < -0.4 is 20.1 Å². The quantitative estimate of drug-likeness (QED) is 0.484. The van der Waals surface area contributed by atoms with Crippen molar-refractivity contribution >= 4 is 34.4 Å². The minimum Gasteiger partial charge on any atom is -0.495 e. The normalized spacial score (nSPS) is 9.96. The molecule has 2 aromatic rings. The van der Waals surface area contributed by atoms with E-state index in [1.165, 1.54) is 19.2 Å². The molecule has 0 aliphatic heterocycles. The first-order chi connectivity index (χ1) is 11.4. The molecule has 0 aliphatic carbocycles. The lowest BCUT2D eigenvalue weighted by Gasteiger charge is -2.15. The molecule has 0 heterocycles. The summed E-state index contributed by atoms with van der Waals surface area (Å²) in [6.45, 7) is 1.96. The molecule has 2 rings (SSSR count). The number of hydrogen-bond acceptors (Lipinski definition) is 5. The molecule has 0 saturated carbocycles. The van der Waals surface area contributed by atoms with E-state index in [1.807, 2.05) is 25.1 Å². The van der Waals surface area contributed by atoms with E-state index < -0.39 is 4.92 Å². The Kier molecular flexibility index (Phi) is 5.54. The van der Waals surface area contributed by atoms with Crippen molar-refractivity contribution in [3.63, 3.8) is 0 Å². The molecule has 126 valence electrons. The Morgan fingerprint density at radius 1 is 1.04 bits per heavy atom. The third-order valence-corrected chi connectivity index (χ3v) is 3.45. The maximum atomic E-state index is 10.8. The molecule has 0 saturated heterocycles. The van der Waals surface area contributed by atoms with Crippen molar-refractivity contribution in [2.45, 2.75) is 6.92 Å². The van der Waals surface area contributed by atoms with Crippen LogP contribution in [0.2, 0.25) is 0 Å². The van der Waals surface area contributed by atoms with E-state index in [1.54, 1.807) is 13.2 Å². The molecule has 0 aromatic heterocycles. The van der Waals surface area contributed by atoms with Gasteiger partial charge in [0, 0.05) is 6.07 Å². The summed E-state index contributed by atoms with van der Waals surface area (Å²) in [5.74, 6) is 0.977. The number of benzene rings is 2. The highest BCUT2D eigenvalue weighted by Gasteiger charge is 2.13. The van der Waals surface area contributed by atoms with Gasteiger partial charge < -0.3 is 20.1 Å². The SMILES string of the molecule is COc1ccc(C)cc1NC(=S)Nc1ccc([N+](=O)[O-])cc1OC. The predicted octanol–water partition coefficient (Wildman–Crippen LogP) is 3.73. The summed E-state index contributed by atoms with van der Waals surface area (Å²) < 4.78 is 10.5. The predicted molar refractivity (Wildman–Crippen MR) is 97.2 cm³/mol. The fourth-order valence-electron chi connectivity index (χ4n) is 2.09. The van der Waals surface area contributed by atoms with Crippen LogP contribution in [0.15, 0.2) is 36.4 Å². The van der Waals surface area contributed by atoms with Gasteiger partial charge in [0.25, 0.3) is 5.69 Å². The first kappa shape index (κ1) is 17.5. The van der Waals surface area contributed by atoms with E-state index in [2.05, 4.69) is 10.6 Å². The number of nitrogens with zero attached hydrogens (tertiary/aromatic N) is 1. The highest BCUT2D eigenvalue weighted by atomic mass is 32.1. The van der Waals surface area contributed by atoms with Gasteiger partial charge in [0.15, 0.2) is 5.11 Å². The number of aryl methyl sites for hydroxylation is 1. The Morgan fingerprint density at radius 3 is 2.33 bits per heavy atom. The summed E-state index contributed by atoms with van der Waals surface area (Å²) in [6, 6.07) is 9.92. The van der Waals surface area contributed by atoms with Crippen LogP contribution in [0.3, 0.4) is 0 Å². The number of non-ortho nitro benzene ring substituents is 1. The summed E-state index contributed by atoms with van der Waals surface area (Å²) in [4.78, 5) is 10.3. The Bertz CT molecular complexity index is 780. The number of ether oxygens (including phenoxy) is 2. The van der Waals surface area contributed by atoms with Crippen molar-refractivity contribution in [3.05, 3.63) is 52.1 Å². The van der Waals surface area contributed by atoms with Gasteiger partial charge >= 0.3 is 0 Å². The third kappa shape index (κ3) is 4.11. The van der Waals surface area contributed by atoms with Gasteiger partial charge in [-0.1, -0.05) is 6.07 Å². The first-order valence-electron chi connectivity index (χ1n) is 6.99. The van der Waals surface area contributed by atoms with Crippen LogP contribution in [-0.2, 0) is 0 Å². The second-order valence-electron chi connectivity index (χ2n) is 4.92. The Hall–Kier alpha value is -2.87. The van der Waals surface area contributed by atoms with Crippen molar-refractivity contribution in [1.82, 2.24) is 0 Å². The van der Waals surface area contributed by atoms with Crippen molar-refractivity contribution < 1.29 is 14.4 Å². The standard InChI is InChI=1S/C16H17N3O4S/c1-10-4-7-14(22-2)13(8-10)18-16(24)17-12-6-5-11(19(20)21)9-15(12)23-3/h4-9H,1-3H3,(H2,17,18,24). The van der Waals surface area contributed by atoms with Gasteiger partial charge in [-0.05, 0) is 42.9 Å². The molecule has 0 unspecified atom stereocenters. The maximum absolute atomic E-state index is 10.8. The largest absolute Gasteiger partial charge is 0.495 e. The molecular formula is C16H17N3O4S. The van der Waals surface area contributed by atoms with E-state index in [0.29, 0.717) is 22.3 Å². The summed E-state index contributed by atoms with van der Waals surface area (Å²) in [6.07, 6.45) is 0. The number of nitrogens with one attached hydrogen (secondary N) is 2. The van der Waals surface area contributed by atoms with E-state index in [-0.39, 0.29) is 5.69 Å². The highest BCUT2D eigenvalue weighted by Crippen LogP contribution is 2.30. The second kappa shape index (κ2) is 7.60. The van der Waals surface area contributed by atoms with Gasteiger partial charge in [0.2, 0.25) is 0 Å². The fourth-order valence-corrected chi connectivity index (χ4v) is 2.31. The molecule has 0 aliphatic rings. The van der Waals surface area contributed by atoms with Gasteiger partial charge in [0.05, 0.1) is 36.6 Å². The van der Waals surface area contributed by atoms with Gasteiger partial charge in [0.1, 0.15) is 11.5 Å². The van der Waals surface area contributed by atoms with Crippen LogP contribution in [0.5, 0.6) is 11.5 Å². The molecule has 8 heteroatoms. The van der Waals surface area contributed by atoms with Crippen LogP contribution in [0, 0.1) is 17.0 Å². The zero-order chi connectivity index (χ0) is 17.7. The summed E-state index contributed by atoms with van der Waals surface area (Å²) in [7, 11) is 3.01. The van der Waals surface area contributed by atoms with E-state index >= 15 is 0 Å². The number of thiocarbonyl (C=S) groups is 1.